The minimum atomic E-state index is -1.18. The van der Waals surface area contributed by atoms with E-state index in [1.807, 2.05) is 0 Å². The molecule has 0 radical (unpaired) electrons. The van der Waals surface area contributed by atoms with Crippen LogP contribution in [0.25, 0.3) is 0 Å². The van der Waals surface area contributed by atoms with E-state index in [1.54, 1.807) is 30.3 Å². The zero-order valence-corrected chi connectivity index (χ0v) is 8.60. The van der Waals surface area contributed by atoms with Crippen LogP contribution in [0.3, 0.4) is 0 Å². The van der Waals surface area contributed by atoms with Crippen molar-refractivity contribution < 1.29 is 19.1 Å². The zero-order chi connectivity index (χ0) is 11.3. The number of ether oxygens (including phenoxy) is 2. The van der Waals surface area contributed by atoms with Crippen molar-refractivity contribution in [3.63, 3.8) is 0 Å². The lowest BCUT2D eigenvalue weighted by Crippen LogP contribution is -2.33. The van der Waals surface area contributed by atoms with Crippen molar-refractivity contribution in [2.75, 3.05) is 14.2 Å². The molecule has 0 aliphatic rings. The van der Waals surface area contributed by atoms with Crippen LogP contribution >= 0.6 is 0 Å². The van der Waals surface area contributed by atoms with Crippen molar-refractivity contribution in [2.45, 2.75) is 6.10 Å². The van der Waals surface area contributed by atoms with Gasteiger partial charge in [-0.15, -0.1) is 0 Å². The Kier molecular flexibility index (Phi) is 4.00. The summed E-state index contributed by atoms with van der Waals surface area (Å²) in [7, 11) is 2.51. The van der Waals surface area contributed by atoms with Gasteiger partial charge >= 0.3 is 5.97 Å². The van der Waals surface area contributed by atoms with Crippen LogP contribution < -0.4 is 0 Å². The molecule has 0 aromatic heterocycles. The van der Waals surface area contributed by atoms with Crippen molar-refractivity contribution in [2.24, 2.45) is 0 Å². The number of benzene rings is 1. The molecule has 0 fully saturated rings. The molecule has 0 aliphatic carbocycles. The van der Waals surface area contributed by atoms with Gasteiger partial charge in [0, 0.05) is 12.7 Å². The second-order valence-electron chi connectivity index (χ2n) is 2.87. The number of carbonyl (C=O) groups is 2. The molecule has 80 valence electrons. The van der Waals surface area contributed by atoms with Crippen molar-refractivity contribution in [1.29, 1.82) is 0 Å². The Balaban J connectivity index is 2.87. The van der Waals surface area contributed by atoms with E-state index >= 15 is 0 Å². The molecule has 15 heavy (non-hydrogen) atoms. The number of carbonyl (C=O) groups excluding carboxylic acids is 2. The molecule has 1 rings (SSSR count). The first kappa shape index (κ1) is 11.4. The summed E-state index contributed by atoms with van der Waals surface area (Å²) in [6.45, 7) is 0. The summed E-state index contributed by atoms with van der Waals surface area (Å²) in [5, 5.41) is 0. The van der Waals surface area contributed by atoms with Crippen LogP contribution in [0.4, 0.5) is 0 Å². The summed E-state index contributed by atoms with van der Waals surface area (Å²) in [5.41, 5.74) is 0.426. The maximum absolute atomic E-state index is 11.8. The minimum Gasteiger partial charge on any atom is -0.467 e. The summed E-state index contributed by atoms with van der Waals surface area (Å²) in [6.07, 6.45) is -1.18. The molecule has 0 heterocycles. The second-order valence-corrected chi connectivity index (χ2v) is 2.87. The lowest BCUT2D eigenvalue weighted by molar-refractivity contribution is -0.149. The third kappa shape index (κ3) is 2.63. The lowest BCUT2D eigenvalue weighted by Gasteiger charge is -2.11. The molecule has 0 aliphatic heterocycles. The van der Waals surface area contributed by atoms with E-state index in [1.165, 1.54) is 14.2 Å². The average Bonchev–Trinajstić information content (AvgIpc) is 2.30. The quantitative estimate of drug-likeness (QED) is 0.421. The Morgan fingerprint density at radius 1 is 1.13 bits per heavy atom. The van der Waals surface area contributed by atoms with Gasteiger partial charge < -0.3 is 9.47 Å². The second kappa shape index (κ2) is 5.26. The van der Waals surface area contributed by atoms with E-state index in [0.29, 0.717) is 5.56 Å². The lowest BCUT2D eigenvalue weighted by atomic mass is 10.1. The smallest absolute Gasteiger partial charge is 0.343 e. The van der Waals surface area contributed by atoms with Crippen LogP contribution in [0, 0.1) is 0 Å². The molecule has 0 saturated heterocycles. The van der Waals surface area contributed by atoms with Gasteiger partial charge in [0.05, 0.1) is 7.11 Å². The number of hydrogen-bond acceptors (Lipinski definition) is 4. The summed E-state index contributed by atoms with van der Waals surface area (Å²) >= 11 is 0. The molecule has 4 heteroatoms. The molecule has 0 N–H and O–H groups in total. The Labute approximate surface area is 87.8 Å². The maximum atomic E-state index is 11.8. The summed E-state index contributed by atoms with van der Waals surface area (Å²) < 4.78 is 9.26. The van der Waals surface area contributed by atoms with E-state index in [0.717, 1.165) is 0 Å². The standard InChI is InChI=1S/C11H12O4/c1-14-10(11(13)15-2)9(12)8-6-4-3-5-7-8/h3-7,10H,1-2H3. The molecule has 0 amide bonds. The predicted octanol–water partition coefficient (Wildman–Crippen LogP) is 1.06. The predicted molar refractivity (Wildman–Crippen MR) is 53.6 cm³/mol. The van der Waals surface area contributed by atoms with Crippen molar-refractivity contribution in [3.05, 3.63) is 35.9 Å². The highest BCUT2D eigenvalue weighted by molar-refractivity contribution is 6.11. The van der Waals surface area contributed by atoms with E-state index in [9.17, 15) is 9.59 Å². The Morgan fingerprint density at radius 3 is 2.20 bits per heavy atom. The van der Waals surface area contributed by atoms with Gasteiger partial charge in [-0.3, -0.25) is 4.79 Å². The van der Waals surface area contributed by atoms with Crippen LogP contribution in [0.5, 0.6) is 0 Å². The van der Waals surface area contributed by atoms with E-state index in [-0.39, 0.29) is 0 Å². The SMILES string of the molecule is COC(=O)C(OC)C(=O)c1ccccc1. The molecule has 0 saturated carbocycles. The fourth-order valence-corrected chi connectivity index (χ4v) is 1.17. The number of methoxy groups -OCH3 is 2. The number of Topliss-reactive ketones (excluding diaryl/α,β-unsaturated/α-hetero) is 1. The van der Waals surface area contributed by atoms with Crippen LogP contribution in [-0.4, -0.2) is 32.1 Å². The Bertz CT molecular complexity index is 345. The molecule has 1 atom stereocenters. The minimum absolute atomic E-state index is 0.398. The fraction of sp³-hybridized carbons (Fsp3) is 0.273. The van der Waals surface area contributed by atoms with Gasteiger partial charge in [0.1, 0.15) is 0 Å². The summed E-state index contributed by atoms with van der Waals surface area (Å²) in [5.74, 6) is -1.09. The molecule has 1 aromatic carbocycles. The highest BCUT2D eigenvalue weighted by atomic mass is 16.6. The average molecular weight is 208 g/mol. The zero-order valence-electron chi connectivity index (χ0n) is 8.60. The van der Waals surface area contributed by atoms with Gasteiger partial charge in [-0.1, -0.05) is 30.3 Å². The number of hydrogen-bond donors (Lipinski definition) is 0. The first-order valence-electron chi connectivity index (χ1n) is 4.40. The van der Waals surface area contributed by atoms with Crippen LogP contribution in [0.2, 0.25) is 0 Å². The molecular formula is C11H12O4. The van der Waals surface area contributed by atoms with Crippen molar-refractivity contribution in [1.82, 2.24) is 0 Å². The van der Waals surface area contributed by atoms with Gasteiger partial charge in [0.25, 0.3) is 0 Å². The van der Waals surface area contributed by atoms with E-state index in [2.05, 4.69) is 4.74 Å². The molecule has 0 spiro atoms. The first-order chi connectivity index (χ1) is 7.20. The topological polar surface area (TPSA) is 52.6 Å². The molecule has 1 unspecified atom stereocenters. The van der Waals surface area contributed by atoms with Crippen molar-refractivity contribution in [3.8, 4) is 0 Å². The number of rotatable bonds is 4. The van der Waals surface area contributed by atoms with Gasteiger partial charge in [-0.05, 0) is 0 Å². The fourth-order valence-electron chi connectivity index (χ4n) is 1.17. The van der Waals surface area contributed by atoms with Crippen LogP contribution in [0.1, 0.15) is 10.4 Å². The number of ketones is 1. The third-order valence-electron chi connectivity index (χ3n) is 1.95. The van der Waals surface area contributed by atoms with Gasteiger partial charge in [-0.2, -0.15) is 0 Å². The third-order valence-corrected chi connectivity index (χ3v) is 1.95. The molecular weight excluding hydrogens is 196 g/mol. The van der Waals surface area contributed by atoms with Gasteiger partial charge in [0.2, 0.25) is 11.9 Å². The summed E-state index contributed by atoms with van der Waals surface area (Å²) in [6, 6.07) is 8.47. The Hall–Kier alpha value is -1.68. The molecule has 4 nitrogen and oxygen atoms in total. The highest BCUT2D eigenvalue weighted by Gasteiger charge is 2.27. The normalized spacial score (nSPS) is 11.9. The van der Waals surface area contributed by atoms with Crippen LogP contribution in [0.15, 0.2) is 30.3 Å². The van der Waals surface area contributed by atoms with Crippen LogP contribution in [-0.2, 0) is 14.3 Å². The van der Waals surface area contributed by atoms with E-state index in [4.69, 9.17) is 4.74 Å². The molecule has 0 bridgehead atoms. The summed E-state index contributed by atoms with van der Waals surface area (Å²) in [4.78, 5) is 22.9. The van der Waals surface area contributed by atoms with Gasteiger partial charge in [-0.25, -0.2) is 4.79 Å². The van der Waals surface area contributed by atoms with Crippen molar-refractivity contribution >= 4 is 11.8 Å². The van der Waals surface area contributed by atoms with Gasteiger partial charge in [0.15, 0.2) is 0 Å². The monoisotopic (exact) mass is 208 g/mol. The number of esters is 1. The Morgan fingerprint density at radius 2 is 1.73 bits per heavy atom. The highest BCUT2D eigenvalue weighted by Crippen LogP contribution is 2.06. The van der Waals surface area contributed by atoms with E-state index < -0.39 is 17.9 Å². The largest absolute Gasteiger partial charge is 0.467 e. The first-order valence-corrected chi connectivity index (χ1v) is 4.40. The molecule has 1 aromatic rings. The maximum Gasteiger partial charge on any atom is 0.343 e.